The largest absolute Gasteiger partial charge is 0.493 e. The van der Waals surface area contributed by atoms with E-state index in [9.17, 15) is 9.59 Å². The van der Waals surface area contributed by atoms with Gasteiger partial charge in [0.05, 0.1) is 55.6 Å². The summed E-state index contributed by atoms with van der Waals surface area (Å²) in [6.45, 7) is 6.98. The molecule has 0 spiro atoms. The Balaban J connectivity index is 1.67. The van der Waals surface area contributed by atoms with Crippen molar-refractivity contribution in [3.8, 4) is 5.75 Å². The number of amides is 1. The van der Waals surface area contributed by atoms with Crippen LogP contribution in [-0.4, -0.2) is 73.1 Å². The first-order chi connectivity index (χ1) is 16.1. The summed E-state index contributed by atoms with van der Waals surface area (Å²) in [7, 11) is 1.30. The Hall–Kier alpha value is -3.43. The smallest absolute Gasteiger partial charge is 0.339 e. The molecule has 9 nitrogen and oxygen atoms in total. The molecule has 1 N–H and O–H groups in total. The molecule has 0 radical (unpaired) electrons. The molecule has 0 saturated carbocycles. The van der Waals surface area contributed by atoms with E-state index in [1.807, 2.05) is 29.8 Å². The van der Waals surface area contributed by atoms with Crippen LogP contribution < -0.4 is 10.1 Å². The minimum atomic E-state index is -0.526. The Kier molecular flexibility index (Phi) is 7.21. The predicted molar refractivity (Wildman–Crippen MR) is 124 cm³/mol. The van der Waals surface area contributed by atoms with Gasteiger partial charge in [0, 0.05) is 19.6 Å². The number of hydrogen-bond donors (Lipinski definition) is 1. The molecular weight excluding hydrogens is 424 g/mol. The Bertz CT molecular complexity index is 1140. The number of aromatic nitrogens is 2. The summed E-state index contributed by atoms with van der Waals surface area (Å²) in [6, 6.07) is 12.4. The van der Waals surface area contributed by atoms with E-state index in [1.54, 1.807) is 24.3 Å². The molecule has 1 saturated heterocycles. The number of benzene rings is 2. The summed E-state index contributed by atoms with van der Waals surface area (Å²) in [4.78, 5) is 27.8. The number of fused-ring (bicyclic) bond motifs is 1. The fraction of sp³-hybridized carbons (Fsp3) is 0.375. The maximum atomic E-state index is 13.3. The average molecular weight is 453 g/mol. The van der Waals surface area contributed by atoms with E-state index in [-0.39, 0.29) is 11.3 Å². The highest BCUT2D eigenvalue weighted by molar-refractivity contribution is 6.14. The number of anilines is 1. The molecule has 0 unspecified atom stereocenters. The molecule has 1 aliphatic rings. The monoisotopic (exact) mass is 452 g/mol. The number of carbonyl (C=O) groups excluding carboxylic acids is 2. The molecule has 2 aromatic carbocycles. The molecule has 1 amide bonds. The molecule has 2 heterocycles. The van der Waals surface area contributed by atoms with Crippen molar-refractivity contribution in [3.63, 3.8) is 0 Å². The summed E-state index contributed by atoms with van der Waals surface area (Å²) in [5, 5.41) is 8.13. The average Bonchev–Trinajstić information content (AvgIpc) is 3.23. The molecule has 33 heavy (non-hydrogen) atoms. The van der Waals surface area contributed by atoms with Crippen LogP contribution in [0.3, 0.4) is 0 Å². The van der Waals surface area contributed by atoms with Gasteiger partial charge in [-0.2, -0.15) is 5.10 Å². The lowest BCUT2D eigenvalue weighted by Crippen LogP contribution is -2.38. The second-order valence-electron chi connectivity index (χ2n) is 7.60. The molecule has 1 aliphatic heterocycles. The van der Waals surface area contributed by atoms with E-state index in [0.717, 1.165) is 38.4 Å². The Morgan fingerprint density at radius 2 is 1.88 bits per heavy atom. The van der Waals surface area contributed by atoms with E-state index in [1.165, 1.54) is 7.11 Å². The summed E-state index contributed by atoms with van der Waals surface area (Å²) in [6.07, 6.45) is 0. The highest BCUT2D eigenvalue weighted by Crippen LogP contribution is 2.30. The lowest BCUT2D eigenvalue weighted by atomic mass is 10.1. The van der Waals surface area contributed by atoms with Crippen molar-refractivity contribution < 1.29 is 23.8 Å². The molecule has 4 rings (SSSR count). The second kappa shape index (κ2) is 10.5. The molecule has 174 valence electrons. The predicted octanol–water partition coefficient (Wildman–Crippen LogP) is 2.81. The third kappa shape index (κ3) is 4.99. The number of hydrogen-bond acceptors (Lipinski definition) is 7. The van der Waals surface area contributed by atoms with Crippen molar-refractivity contribution in [1.29, 1.82) is 0 Å². The summed E-state index contributed by atoms with van der Waals surface area (Å²) < 4.78 is 17.9. The number of nitrogens with zero attached hydrogens (tertiary/aromatic N) is 3. The van der Waals surface area contributed by atoms with Gasteiger partial charge in [0.15, 0.2) is 5.69 Å². The van der Waals surface area contributed by atoms with E-state index < -0.39 is 11.9 Å². The molecule has 9 heteroatoms. The van der Waals surface area contributed by atoms with Crippen molar-refractivity contribution >= 4 is 28.5 Å². The van der Waals surface area contributed by atoms with Crippen LogP contribution in [0.15, 0.2) is 42.5 Å². The minimum absolute atomic E-state index is 0.246. The number of rotatable bonds is 8. The molecule has 0 atom stereocenters. The van der Waals surface area contributed by atoms with Gasteiger partial charge in [0.1, 0.15) is 5.75 Å². The van der Waals surface area contributed by atoms with Gasteiger partial charge >= 0.3 is 5.97 Å². The maximum Gasteiger partial charge on any atom is 0.339 e. The minimum Gasteiger partial charge on any atom is -0.493 e. The van der Waals surface area contributed by atoms with E-state index in [2.05, 4.69) is 15.3 Å². The topological polar surface area (TPSA) is 94.9 Å². The lowest BCUT2D eigenvalue weighted by molar-refractivity contribution is 0.0361. The molecule has 1 aromatic heterocycles. The Morgan fingerprint density at radius 1 is 1.09 bits per heavy atom. The number of esters is 1. The summed E-state index contributed by atoms with van der Waals surface area (Å²) in [5.74, 6) is -0.352. The number of carbonyl (C=O) groups is 2. The third-order valence-electron chi connectivity index (χ3n) is 5.57. The quantitative estimate of drug-likeness (QED) is 0.525. The van der Waals surface area contributed by atoms with Gasteiger partial charge in [-0.3, -0.25) is 14.4 Å². The van der Waals surface area contributed by atoms with Crippen LogP contribution in [0.25, 0.3) is 10.9 Å². The molecule has 3 aromatic rings. The fourth-order valence-corrected chi connectivity index (χ4v) is 3.92. The van der Waals surface area contributed by atoms with Crippen LogP contribution in [0.5, 0.6) is 5.75 Å². The third-order valence-corrected chi connectivity index (χ3v) is 5.57. The van der Waals surface area contributed by atoms with Gasteiger partial charge in [0.25, 0.3) is 5.91 Å². The van der Waals surface area contributed by atoms with E-state index >= 15 is 0 Å². The summed E-state index contributed by atoms with van der Waals surface area (Å²) >= 11 is 0. The first kappa shape index (κ1) is 22.8. The van der Waals surface area contributed by atoms with Gasteiger partial charge in [-0.25, -0.2) is 4.79 Å². The lowest BCUT2D eigenvalue weighted by Gasteiger charge is -2.26. The first-order valence-corrected chi connectivity index (χ1v) is 11.0. The second-order valence-corrected chi connectivity index (χ2v) is 7.60. The first-order valence-electron chi connectivity index (χ1n) is 11.0. The Labute approximate surface area is 192 Å². The zero-order valence-electron chi connectivity index (χ0n) is 18.9. The SMILES string of the molecule is CCOc1cccc2c1c(C(=O)Nc1ccccc1C(=O)OC)nn2CCN1CCOCC1. The molecular formula is C24H28N4O5. The van der Waals surface area contributed by atoms with E-state index in [4.69, 9.17) is 14.2 Å². The van der Waals surface area contributed by atoms with Crippen molar-refractivity contribution in [2.24, 2.45) is 0 Å². The number of nitrogens with one attached hydrogen (secondary N) is 1. The van der Waals surface area contributed by atoms with Crippen LogP contribution in [0.2, 0.25) is 0 Å². The zero-order valence-corrected chi connectivity index (χ0v) is 18.9. The standard InChI is InChI=1S/C24H28N4O5/c1-3-33-20-10-6-9-19-21(20)22(26-28(19)12-11-27-13-15-32-16-14-27)23(29)25-18-8-5-4-7-17(18)24(30)31-2/h4-10H,3,11-16H2,1-2H3,(H,25,29). The van der Waals surface area contributed by atoms with Crippen LogP contribution in [0, 0.1) is 0 Å². The van der Waals surface area contributed by atoms with Gasteiger partial charge in [-0.1, -0.05) is 18.2 Å². The number of ether oxygens (including phenoxy) is 3. The summed E-state index contributed by atoms with van der Waals surface area (Å²) in [5.41, 5.74) is 1.70. The number of morpholine rings is 1. The molecule has 1 fully saturated rings. The fourth-order valence-electron chi connectivity index (χ4n) is 3.92. The van der Waals surface area contributed by atoms with Gasteiger partial charge in [-0.05, 0) is 31.2 Å². The number of methoxy groups -OCH3 is 1. The van der Waals surface area contributed by atoms with Crippen LogP contribution in [0.4, 0.5) is 5.69 Å². The van der Waals surface area contributed by atoms with Crippen molar-refractivity contribution in [2.75, 3.05) is 51.9 Å². The number of para-hydroxylation sites is 1. The van der Waals surface area contributed by atoms with Crippen molar-refractivity contribution in [3.05, 3.63) is 53.7 Å². The van der Waals surface area contributed by atoms with Crippen LogP contribution >= 0.6 is 0 Å². The zero-order chi connectivity index (χ0) is 23.2. The molecule has 0 bridgehead atoms. The normalized spacial score (nSPS) is 14.2. The maximum absolute atomic E-state index is 13.3. The molecule has 0 aliphatic carbocycles. The Morgan fingerprint density at radius 3 is 2.64 bits per heavy atom. The van der Waals surface area contributed by atoms with Crippen molar-refractivity contribution in [2.45, 2.75) is 13.5 Å². The van der Waals surface area contributed by atoms with Gasteiger partial charge < -0.3 is 19.5 Å². The van der Waals surface area contributed by atoms with Gasteiger partial charge in [0.2, 0.25) is 0 Å². The highest BCUT2D eigenvalue weighted by atomic mass is 16.5. The van der Waals surface area contributed by atoms with Crippen LogP contribution in [0.1, 0.15) is 27.8 Å². The van der Waals surface area contributed by atoms with Crippen LogP contribution in [-0.2, 0) is 16.0 Å². The highest BCUT2D eigenvalue weighted by Gasteiger charge is 2.23. The van der Waals surface area contributed by atoms with Crippen molar-refractivity contribution in [1.82, 2.24) is 14.7 Å². The van der Waals surface area contributed by atoms with E-state index in [0.29, 0.717) is 30.0 Å². The van der Waals surface area contributed by atoms with Gasteiger partial charge in [-0.15, -0.1) is 0 Å².